The molecule has 1 aliphatic carbocycles. The molecule has 1 saturated carbocycles. The van der Waals surface area contributed by atoms with Gasteiger partial charge >= 0.3 is 12.0 Å². The van der Waals surface area contributed by atoms with Crippen molar-refractivity contribution in [1.29, 1.82) is 0 Å². The van der Waals surface area contributed by atoms with E-state index >= 15 is 0 Å². The second-order valence-corrected chi connectivity index (χ2v) is 24.2. The van der Waals surface area contributed by atoms with E-state index in [0.717, 1.165) is 70.5 Å². The van der Waals surface area contributed by atoms with Crippen molar-refractivity contribution in [1.82, 2.24) is 35.3 Å². The van der Waals surface area contributed by atoms with Crippen LogP contribution in [0.1, 0.15) is 68.2 Å². The summed E-state index contributed by atoms with van der Waals surface area (Å²) < 4.78 is 29.3. The predicted octanol–water partition coefficient (Wildman–Crippen LogP) is 5.61. The van der Waals surface area contributed by atoms with Crippen LogP contribution in [-0.4, -0.2) is 108 Å². The lowest BCUT2D eigenvalue weighted by Gasteiger charge is -2.41. The molecular weight excluding hydrogens is 741 g/mol. The van der Waals surface area contributed by atoms with Crippen molar-refractivity contribution in [3.8, 4) is 6.01 Å². The van der Waals surface area contributed by atoms with Crippen molar-refractivity contribution in [3.63, 3.8) is 0 Å². The first-order valence-corrected chi connectivity index (χ1v) is 24.2. The quantitative estimate of drug-likeness (QED) is 0.144. The van der Waals surface area contributed by atoms with Crippen LogP contribution in [0, 0.1) is 5.92 Å². The van der Waals surface area contributed by atoms with Crippen LogP contribution in [0.15, 0.2) is 12.3 Å². The molecule has 13 nitrogen and oxygen atoms in total. The SMILES string of the molecule is C[C@@H]1C[C@@H]1c1c(Cl)cc2c(cnn2COCC[Si](C)(C)C)c1N1CCc2c(nc(OC[C@@]34CCCN3C[C@H](F)C4)nc2N2CCC[C@]3(C2)NC(=O)NC3=O)C1. The lowest BCUT2D eigenvalue weighted by molar-refractivity contribution is -0.124. The maximum Gasteiger partial charge on any atom is 0.322 e. The van der Waals surface area contributed by atoms with E-state index in [1.54, 1.807) is 0 Å². The minimum Gasteiger partial charge on any atom is -0.461 e. The Labute approximate surface area is 327 Å². The number of alkyl halides is 1. The lowest BCUT2D eigenvalue weighted by Crippen LogP contribution is -2.59. The van der Waals surface area contributed by atoms with Crippen LogP contribution in [0.5, 0.6) is 6.01 Å². The van der Waals surface area contributed by atoms with E-state index in [0.29, 0.717) is 90.2 Å². The van der Waals surface area contributed by atoms with E-state index in [2.05, 4.69) is 58.0 Å². The summed E-state index contributed by atoms with van der Waals surface area (Å²) in [5.41, 5.74) is 3.71. The van der Waals surface area contributed by atoms with E-state index in [1.165, 1.54) is 5.56 Å². The molecule has 5 fully saturated rings. The Morgan fingerprint density at radius 2 is 1.93 bits per heavy atom. The summed E-state index contributed by atoms with van der Waals surface area (Å²) >= 11 is 7.22. The number of nitrogens with zero attached hydrogens (tertiary/aromatic N) is 7. The third-order valence-corrected chi connectivity index (χ3v) is 15.0. The number of amides is 3. The first kappa shape index (κ1) is 37.1. The summed E-state index contributed by atoms with van der Waals surface area (Å²) in [6.45, 7) is 14.2. The molecule has 2 aromatic heterocycles. The largest absolute Gasteiger partial charge is 0.461 e. The fraction of sp³-hybridized carbons (Fsp3) is 0.667. The number of anilines is 2. The van der Waals surface area contributed by atoms with Crippen LogP contribution in [0.25, 0.3) is 10.9 Å². The summed E-state index contributed by atoms with van der Waals surface area (Å²) in [5, 5.41) is 12.0. The molecule has 9 rings (SSSR count). The van der Waals surface area contributed by atoms with Crippen molar-refractivity contribution in [3.05, 3.63) is 34.1 Å². The molecule has 0 bridgehead atoms. The number of nitrogens with one attached hydrogen (secondary N) is 2. The average Bonchev–Trinajstić information content (AvgIpc) is 3.38. The second-order valence-electron chi connectivity index (χ2n) is 18.2. The first-order chi connectivity index (χ1) is 26.3. The number of halogens is 2. The van der Waals surface area contributed by atoms with Crippen LogP contribution >= 0.6 is 11.6 Å². The number of ether oxygens (including phenoxy) is 2. The molecule has 5 atom stereocenters. The molecule has 0 unspecified atom stereocenters. The lowest BCUT2D eigenvalue weighted by atomic mass is 9.88. The Balaban J connectivity index is 1.07. The number of hydrogen-bond acceptors (Lipinski definition) is 10. The second kappa shape index (κ2) is 13.8. The van der Waals surface area contributed by atoms with E-state index in [1.807, 2.05) is 10.9 Å². The van der Waals surface area contributed by atoms with Crippen LogP contribution in [-0.2, 0) is 29.2 Å². The van der Waals surface area contributed by atoms with Gasteiger partial charge in [-0.25, -0.2) is 13.9 Å². The zero-order chi connectivity index (χ0) is 38.3. The number of hydrogen-bond donors (Lipinski definition) is 2. The molecule has 6 aliphatic rings. The van der Waals surface area contributed by atoms with Crippen molar-refractivity contribution in [2.45, 2.75) is 114 Å². The smallest absolute Gasteiger partial charge is 0.322 e. The zero-order valence-corrected chi connectivity index (χ0v) is 34.2. The first-order valence-electron chi connectivity index (χ1n) is 20.1. The van der Waals surface area contributed by atoms with Gasteiger partial charge in [0.25, 0.3) is 5.91 Å². The molecule has 3 amide bonds. The maximum absolute atomic E-state index is 14.7. The van der Waals surface area contributed by atoms with Crippen molar-refractivity contribution < 1.29 is 23.5 Å². The minimum atomic E-state index is -1.23. The predicted molar refractivity (Wildman–Crippen MR) is 212 cm³/mol. The minimum absolute atomic E-state index is 0.259. The van der Waals surface area contributed by atoms with Crippen LogP contribution in [0.3, 0.4) is 0 Å². The molecule has 296 valence electrons. The van der Waals surface area contributed by atoms with E-state index in [4.69, 9.17) is 36.1 Å². The van der Waals surface area contributed by atoms with Gasteiger partial charge in [0.2, 0.25) is 0 Å². The van der Waals surface area contributed by atoms with E-state index in [-0.39, 0.29) is 17.5 Å². The summed E-state index contributed by atoms with van der Waals surface area (Å²) in [6.07, 6.45) is 6.44. The molecular formula is C39H53ClFN9O4Si. The molecule has 3 aromatic rings. The van der Waals surface area contributed by atoms with Gasteiger partial charge in [-0.15, -0.1) is 0 Å². The highest BCUT2D eigenvalue weighted by molar-refractivity contribution is 6.76. The third-order valence-electron chi connectivity index (χ3n) is 13.0. The third kappa shape index (κ3) is 6.86. The monoisotopic (exact) mass is 793 g/mol. The summed E-state index contributed by atoms with van der Waals surface area (Å²) in [4.78, 5) is 42.3. The summed E-state index contributed by atoms with van der Waals surface area (Å²) in [6, 6.07) is 2.94. The normalized spacial score (nSPS) is 29.2. The molecule has 16 heteroatoms. The Morgan fingerprint density at radius 1 is 1.11 bits per heavy atom. The number of carbonyl (C=O) groups excluding carboxylic acids is 2. The molecule has 1 spiro atoms. The van der Waals surface area contributed by atoms with Crippen LogP contribution in [0.2, 0.25) is 30.7 Å². The number of rotatable bonds is 11. The Kier molecular flexibility index (Phi) is 9.33. The Hall–Kier alpha value is -3.53. The number of fused-ring (bicyclic) bond motifs is 3. The van der Waals surface area contributed by atoms with Crippen LogP contribution in [0.4, 0.5) is 20.7 Å². The number of carbonyl (C=O) groups is 2. The summed E-state index contributed by atoms with van der Waals surface area (Å²) in [5.74, 6) is 1.33. The molecule has 2 N–H and O–H groups in total. The number of urea groups is 1. The van der Waals surface area contributed by atoms with Gasteiger partial charge in [-0.05, 0) is 74.6 Å². The molecule has 5 aliphatic heterocycles. The van der Waals surface area contributed by atoms with Gasteiger partial charge in [-0.1, -0.05) is 38.2 Å². The van der Waals surface area contributed by atoms with Crippen molar-refractivity contribution in [2.24, 2.45) is 5.92 Å². The standard InChI is InChI=1S/C39H53ClFN9O4Si/c1-24-15-27(24)32-29(40)16-31-28(18-42-50(31)23-53-13-14-55(2,3)4)33(32)47-12-7-26-30(20-47)43-37(54-22-38-8-5-11-49(38)19-25(41)17-38)44-34(26)48-10-6-9-39(21-48)35(51)45-36(52)46-39/h16,18,24-25,27H,5-15,17,19-23H2,1-4H3,(H2,45,46,51,52)/t24-,25-,27+,38+,39-/m1/s1. The molecule has 7 heterocycles. The maximum atomic E-state index is 14.7. The van der Waals surface area contributed by atoms with Gasteiger partial charge in [0, 0.05) is 56.7 Å². The number of piperidine rings is 1. The van der Waals surface area contributed by atoms with E-state index < -0.39 is 25.8 Å². The molecule has 55 heavy (non-hydrogen) atoms. The average molecular weight is 794 g/mol. The molecule has 4 saturated heterocycles. The fourth-order valence-electron chi connectivity index (χ4n) is 9.84. The van der Waals surface area contributed by atoms with Gasteiger partial charge in [0.1, 0.15) is 30.9 Å². The van der Waals surface area contributed by atoms with Crippen LogP contribution < -0.4 is 25.2 Å². The topological polar surface area (TPSA) is 130 Å². The van der Waals surface area contributed by atoms with Crippen molar-refractivity contribution >= 4 is 54.0 Å². The van der Waals surface area contributed by atoms with Gasteiger partial charge < -0.3 is 24.6 Å². The molecule has 0 radical (unpaired) electrons. The highest BCUT2D eigenvalue weighted by atomic mass is 35.5. The highest BCUT2D eigenvalue weighted by Crippen LogP contribution is 2.55. The van der Waals surface area contributed by atoms with E-state index in [9.17, 15) is 14.0 Å². The number of aromatic nitrogens is 4. The number of benzene rings is 1. The van der Waals surface area contributed by atoms with Crippen molar-refractivity contribution in [2.75, 3.05) is 55.7 Å². The Bertz CT molecular complexity index is 2030. The molecule has 1 aromatic carbocycles. The zero-order valence-electron chi connectivity index (χ0n) is 32.4. The number of imide groups is 1. The summed E-state index contributed by atoms with van der Waals surface area (Å²) in [7, 11) is -1.23. The Morgan fingerprint density at radius 3 is 2.69 bits per heavy atom. The van der Waals surface area contributed by atoms with Gasteiger partial charge in [0.05, 0.1) is 41.7 Å². The van der Waals surface area contributed by atoms with Gasteiger partial charge in [0.15, 0.2) is 0 Å². The van der Waals surface area contributed by atoms with Gasteiger partial charge in [-0.3, -0.25) is 15.0 Å². The fourth-order valence-corrected chi connectivity index (χ4v) is 10.9. The highest BCUT2D eigenvalue weighted by Gasteiger charge is 2.51. The van der Waals surface area contributed by atoms with Gasteiger partial charge in [-0.2, -0.15) is 15.1 Å².